The first kappa shape index (κ1) is 27.5. The molecule has 8 heteroatoms. The molecule has 4 aromatic carbocycles. The lowest BCUT2D eigenvalue weighted by molar-refractivity contribution is -0.135. The highest BCUT2D eigenvalue weighted by Crippen LogP contribution is 2.22. The molecule has 0 saturated carbocycles. The fourth-order valence-corrected chi connectivity index (χ4v) is 4.72. The van der Waals surface area contributed by atoms with Gasteiger partial charge in [-0.15, -0.1) is 0 Å². The van der Waals surface area contributed by atoms with Crippen molar-refractivity contribution in [2.24, 2.45) is 0 Å². The molecule has 1 heterocycles. The molecule has 1 atom stereocenters. The van der Waals surface area contributed by atoms with Crippen molar-refractivity contribution in [3.63, 3.8) is 0 Å². The first-order chi connectivity index (χ1) is 20.0. The highest BCUT2D eigenvalue weighted by atomic mass is 16.5. The summed E-state index contributed by atoms with van der Waals surface area (Å²) in [4.78, 5) is 39.5. The molecule has 0 spiro atoms. The van der Waals surface area contributed by atoms with Gasteiger partial charge in [0, 0.05) is 25.1 Å². The molecule has 1 aliphatic heterocycles. The van der Waals surface area contributed by atoms with Gasteiger partial charge >= 0.3 is 0 Å². The predicted molar refractivity (Wildman–Crippen MR) is 158 cm³/mol. The summed E-state index contributed by atoms with van der Waals surface area (Å²) in [5, 5.41) is 5.79. The molecule has 4 aromatic rings. The van der Waals surface area contributed by atoms with Gasteiger partial charge in [-0.25, -0.2) is 0 Å². The molecular weight excluding hydrogens is 516 g/mol. The number of hydrogen-bond acceptors (Lipinski definition) is 5. The molecule has 1 fully saturated rings. The zero-order valence-corrected chi connectivity index (χ0v) is 22.6. The predicted octanol–water partition coefficient (Wildman–Crippen LogP) is 4.91. The number of nitrogens with one attached hydrogen (secondary N) is 2. The fraction of sp³-hybridized carbons (Fsp3) is 0.182. The van der Waals surface area contributed by atoms with Crippen molar-refractivity contribution in [3.05, 3.63) is 125 Å². The van der Waals surface area contributed by atoms with E-state index in [1.165, 1.54) is 0 Å². The lowest BCUT2D eigenvalue weighted by Gasteiger charge is -2.24. The van der Waals surface area contributed by atoms with E-state index in [4.69, 9.17) is 10.5 Å². The number of anilines is 2. The molecule has 1 saturated heterocycles. The number of carbonyl (C=O) groups is 3. The number of carbonyl (C=O) groups excluding carboxylic acids is 3. The summed E-state index contributed by atoms with van der Waals surface area (Å²) in [6.45, 7) is 1.14. The van der Waals surface area contributed by atoms with E-state index in [9.17, 15) is 14.4 Å². The lowest BCUT2D eigenvalue weighted by atomic mass is 10.1. The Morgan fingerprint density at radius 1 is 0.829 bits per heavy atom. The van der Waals surface area contributed by atoms with Gasteiger partial charge in [-0.3, -0.25) is 14.4 Å². The van der Waals surface area contributed by atoms with Crippen molar-refractivity contribution in [2.75, 3.05) is 11.1 Å². The van der Waals surface area contributed by atoms with E-state index in [2.05, 4.69) is 10.6 Å². The second kappa shape index (κ2) is 12.8. The molecule has 4 N–H and O–H groups in total. The number of hydrogen-bond donors (Lipinski definition) is 3. The number of nitrogen functional groups attached to an aromatic ring is 1. The molecular formula is C33H32N4O4. The van der Waals surface area contributed by atoms with Gasteiger partial charge in [0.25, 0.3) is 5.91 Å². The molecule has 0 aromatic heterocycles. The van der Waals surface area contributed by atoms with Gasteiger partial charge in [0.15, 0.2) is 0 Å². The average Bonchev–Trinajstić information content (AvgIpc) is 3.37. The summed E-state index contributed by atoms with van der Waals surface area (Å²) < 4.78 is 5.90. The molecule has 0 bridgehead atoms. The number of benzene rings is 4. The zero-order chi connectivity index (χ0) is 28.6. The lowest BCUT2D eigenvalue weighted by Crippen LogP contribution is -2.44. The van der Waals surface area contributed by atoms with Gasteiger partial charge in [0.05, 0.1) is 11.4 Å². The Kier molecular flexibility index (Phi) is 8.59. The number of para-hydroxylation sites is 2. The molecule has 41 heavy (non-hydrogen) atoms. The van der Waals surface area contributed by atoms with Crippen LogP contribution in [0, 0.1) is 0 Å². The molecule has 3 amide bonds. The Morgan fingerprint density at radius 2 is 1.51 bits per heavy atom. The highest BCUT2D eigenvalue weighted by molar-refractivity contribution is 6.05. The Hall–Kier alpha value is -5.11. The van der Waals surface area contributed by atoms with Gasteiger partial charge in [-0.1, -0.05) is 66.7 Å². The van der Waals surface area contributed by atoms with Crippen molar-refractivity contribution >= 4 is 29.1 Å². The highest BCUT2D eigenvalue weighted by Gasteiger charge is 2.35. The van der Waals surface area contributed by atoms with Crippen LogP contribution in [-0.4, -0.2) is 28.7 Å². The molecule has 8 nitrogen and oxygen atoms in total. The first-order valence-electron chi connectivity index (χ1n) is 13.5. The largest absolute Gasteiger partial charge is 0.489 e. The second-order valence-corrected chi connectivity index (χ2v) is 9.95. The molecule has 5 rings (SSSR count). The number of nitrogens with zero attached hydrogens (tertiary/aromatic N) is 1. The average molecular weight is 549 g/mol. The van der Waals surface area contributed by atoms with Crippen LogP contribution in [0.4, 0.5) is 11.4 Å². The van der Waals surface area contributed by atoms with Crippen molar-refractivity contribution in [1.29, 1.82) is 0 Å². The number of amides is 3. The van der Waals surface area contributed by atoms with Crippen LogP contribution in [-0.2, 0) is 29.3 Å². The van der Waals surface area contributed by atoms with E-state index in [0.29, 0.717) is 55.2 Å². The van der Waals surface area contributed by atoms with Crippen LogP contribution in [0.5, 0.6) is 5.75 Å². The van der Waals surface area contributed by atoms with Crippen LogP contribution in [0.25, 0.3) is 0 Å². The van der Waals surface area contributed by atoms with Crippen LogP contribution >= 0.6 is 0 Å². The van der Waals surface area contributed by atoms with Crippen LogP contribution in [0.3, 0.4) is 0 Å². The standard InChI is InChI=1S/C33H32N4O4/c34-28-8-4-5-9-29(28)36-32(39)26-14-10-25(11-15-26)22-41-27-16-12-23(13-17-27)20-35-33(40)30-18-19-31(38)37(30)21-24-6-2-1-3-7-24/h1-17,30H,18-22,34H2,(H,35,40)(H,36,39)/t30-/m0/s1. The third-order valence-corrected chi connectivity index (χ3v) is 7.05. The normalized spacial score (nSPS) is 14.5. The van der Waals surface area contributed by atoms with E-state index < -0.39 is 6.04 Å². The van der Waals surface area contributed by atoms with Gasteiger partial charge in [0.1, 0.15) is 18.4 Å². The Bertz CT molecular complexity index is 1500. The van der Waals surface area contributed by atoms with Crippen LogP contribution in [0.15, 0.2) is 103 Å². The zero-order valence-electron chi connectivity index (χ0n) is 22.6. The van der Waals surface area contributed by atoms with Crippen molar-refractivity contribution in [2.45, 2.75) is 38.6 Å². The molecule has 0 radical (unpaired) electrons. The van der Waals surface area contributed by atoms with Gasteiger partial charge in [-0.2, -0.15) is 0 Å². The monoisotopic (exact) mass is 548 g/mol. The minimum atomic E-state index is -0.459. The minimum Gasteiger partial charge on any atom is -0.489 e. The third-order valence-electron chi connectivity index (χ3n) is 7.05. The first-order valence-corrected chi connectivity index (χ1v) is 13.5. The molecule has 1 aliphatic rings. The molecule has 0 unspecified atom stereocenters. The number of rotatable bonds is 10. The summed E-state index contributed by atoms with van der Waals surface area (Å²) in [5.74, 6) is 0.320. The van der Waals surface area contributed by atoms with E-state index in [-0.39, 0.29) is 17.7 Å². The second-order valence-electron chi connectivity index (χ2n) is 9.95. The van der Waals surface area contributed by atoms with Crippen molar-refractivity contribution < 1.29 is 19.1 Å². The summed E-state index contributed by atoms with van der Waals surface area (Å²) in [7, 11) is 0. The van der Waals surface area contributed by atoms with Crippen LogP contribution in [0.1, 0.15) is 39.9 Å². The van der Waals surface area contributed by atoms with E-state index in [1.807, 2.05) is 78.9 Å². The van der Waals surface area contributed by atoms with Gasteiger partial charge < -0.3 is 26.0 Å². The van der Waals surface area contributed by atoms with E-state index in [1.54, 1.807) is 29.2 Å². The van der Waals surface area contributed by atoms with Crippen LogP contribution in [0.2, 0.25) is 0 Å². The smallest absolute Gasteiger partial charge is 0.255 e. The minimum absolute atomic E-state index is 0.00535. The summed E-state index contributed by atoms with van der Waals surface area (Å²) in [6, 6.07) is 31.1. The quantitative estimate of drug-likeness (QED) is 0.244. The van der Waals surface area contributed by atoms with Crippen molar-refractivity contribution in [3.8, 4) is 5.75 Å². The summed E-state index contributed by atoms with van der Waals surface area (Å²) >= 11 is 0. The van der Waals surface area contributed by atoms with Crippen molar-refractivity contribution in [1.82, 2.24) is 10.2 Å². The SMILES string of the molecule is Nc1ccccc1NC(=O)c1ccc(COc2ccc(CNC(=O)[C@@H]3CCC(=O)N3Cc3ccccc3)cc2)cc1. The Labute approximate surface area is 239 Å². The Morgan fingerprint density at radius 3 is 2.24 bits per heavy atom. The van der Waals surface area contributed by atoms with Gasteiger partial charge in [0.2, 0.25) is 11.8 Å². The molecule has 208 valence electrons. The number of likely N-dealkylation sites (tertiary alicyclic amines) is 1. The number of ether oxygens (including phenoxy) is 1. The van der Waals surface area contributed by atoms with E-state index in [0.717, 1.165) is 16.7 Å². The summed E-state index contributed by atoms with van der Waals surface area (Å²) in [5.41, 5.74) is 10.4. The maximum Gasteiger partial charge on any atom is 0.255 e. The van der Waals surface area contributed by atoms with E-state index >= 15 is 0 Å². The van der Waals surface area contributed by atoms with Gasteiger partial charge in [-0.05, 0) is 59.5 Å². The third kappa shape index (κ3) is 7.10. The summed E-state index contributed by atoms with van der Waals surface area (Å²) in [6.07, 6.45) is 0.910. The maximum atomic E-state index is 12.9. The fourth-order valence-electron chi connectivity index (χ4n) is 4.72. The van der Waals surface area contributed by atoms with Crippen LogP contribution < -0.4 is 21.1 Å². The number of nitrogens with two attached hydrogens (primary N) is 1. The topological polar surface area (TPSA) is 114 Å². The Balaban J connectivity index is 1.08. The maximum absolute atomic E-state index is 12.9. The molecule has 0 aliphatic carbocycles.